The van der Waals surface area contributed by atoms with Gasteiger partial charge in [0.2, 0.25) is 0 Å². The van der Waals surface area contributed by atoms with Crippen LogP contribution in [0.15, 0.2) is 64.8 Å². The Kier molecular flexibility index (Phi) is 17.5. The van der Waals surface area contributed by atoms with Crippen LogP contribution >= 0.6 is 0 Å². The topological polar surface area (TPSA) is 0 Å². The zero-order chi connectivity index (χ0) is 14.2. The summed E-state index contributed by atoms with van der Waals surface area (Å²) >= 11 is -0.0252. The standard InChI is InChI=1S/C13H14I.2C2H6/c1-3-5-9-12(4-2)14-13-10-7-6-8-11-13;2*1-2/h3-11H,1H2,2H3;2*1-2H3/q-1;;/b9-5-,12-4+;;. The van der Waals surface area contributed by atoms with E-state index in [9.17, 15) is 0 Å². The molecule has 102 valence electrons. The molecule has 0 atom stereocenters. The average Bonchev–Trinajstić information content (AvgIpc) is 2.48. The Bertz CT molecular complexity index is 334. The van der Waals surface area contributed by atoms with Gasteiger partial charge in [-0.05, 0) is 0 Å². The van der Waals surface area contributed by atoms with E-state index in [0.29, 0.717) is 0 Å². The Labute approximate surface area is 124 Å². The van der Waals surface area contributed by atoms with Gasteiger partial charge >= 0.3 is 96.5 Å². The summed E-state index contributed by atoms with van der Waals surface area (Å²) in [6.07, 6.45) is 8.14. The van der Waals surface area contributed by atoms with Crippen LogP contribution in [0.4, 0.5) is 0 Å². The molecular formula is C17H26I-. The van der Waals surface area contributed by atoms with Crippen molar-refractivity contribution in [3.63, 3.8) is 0 Å². The van der Waals surface area contributed by atoms with Crippen LogP contribution in [0.5, 0.6) is 0 Å². The van der Waals surface area contributed by atoms with E-state index < -0.39 is 0 Å². The third kappa shape index (κ3) is 10.3. The molecule has 1 rings (SSSR count). The van der Waals surface area contributed by atoms with Crippen molar-refractivity contribution in [3.8, 4) is 0 Å². The number of hydrogen-bond donors (Lipinski definition) is 0. The predicted octanol–water partition coefficient (Wildman–Crippen LogP) is 2.64. The molecule has 1 aromatic carbocycles. The molecule has 0 spiro atoms. The molecule has 0 unspecified atom stereocenters. The summed E-state index contributed by atoms with van der Waals surface area (Å²) in [5.74, 6) is 0. The molecule has 0 fully saturated rings. The van der Waals surface area contributed by atoms with E-state index in [1.54, 1.807) is 0 Å². The Balaban J connectivity index is 0. The van der Waals surface area contributed by atoms with Crippen LogP contribution in [-0.4, -0.2) is 0 Å². The van der Waals surface area contributed by atoms with Crippen molar-refractivity contribution in [2.75, 3.05) is 0 Å². The minimum absolute atomic E-state index is 0.0252. The Morgan fingerprint density at radius 1 is 1.06 bits per heavy atom. The summed E-state index contributed by atoms with van der Waals surface area (Å²) in [6.45, 7) is 13.8. The van der Waals surface area contributed by atoms with Gasteiger partial charge in [0.15, 0.2) is 0 Å². The molecule has 0 radical (unpaired) electrons. The van der Waals surface area contributed by atoms with Gasteiger partial charge < -0.3 is 0 Å². The molecule has 0 saturated carbocycles. The summed E-state index contributed by atoms with van der Waals surface area (Å²) in [5.41, 5.74) is 0. The molecule has 1 aromatic rings. The second-order valence-electron chi connectivity index (χ2n) is 2.66. The number of halogens is 1. The molecule has 0 saturated heterocycles. The zero-order valence-corrected chi connectivity index (χ0v) is 14.4. The summed E-state index contributed by atoms with van der Waals surface area (Å²) in [6, 6.07) is 10.6. The van der Waals surface area contributed by atoms with Gasteiger partial charge in [0.05, 0.1) is 0 Å². The van der Waals surface area contributed by atoms with Gasteiger partial charge in [0.25, 0.3) is 0 Å². The quantitative estimate of drug-likeness (QED) is 0.574. The summed E-state index contributed by atoms with van der Waals surface area (Å²) in [7, 11) is 0. The molecule has 1 heteroatoms. The van der Waals surface area contributed by atoms with Crippen LogP contribution < -0.4 is 21.2 Å². The Morgan fingerprint density at radius 3 is 2.06 bits per heavy atom. The summed E-state index contributed by atoms with van der Waals surface area (Å²) in [4.78, 5) is 0. The normalized spacial score (nSPS) is 10.2. The van der Waals surface area contributed by atoms with Crippen LogP contribution in [0.1, 0.15) is 34.6 Å². The molecule has 0 heterocycles. The summed E-state index contributed by atoms with van der Waals surface area (Å²) < 4.78 is 2.88. The second-order valence-corrected chi connectivity index (χ2v) is 5.69. The van der Waals surface area contributed by atoms with E-state index in [1.165, 1.54) is 7.15 Å². The van der Waals surface area contributed by atoms with E-state index in [2.05, 4.69) is 56.0 Å². The fraction of sp³-hybridized carbons (Fsp3) is 0.294. The van der Waals surface area contributed by atoms with E-state index in [0.717, 1.165) is 0 Å². The van der Waals surface area contributed by atoms with Gasteiger partial charge in [0, 0.05) is 0 Å². The maximum absolute atomic E-state index is 3.67. The van der Waals surface area contributed by atoms with Crippen molar-refractivity contribution < 1.29 is 21.2 Å². The van der Waals surface area contributed by atoms with Crippen molar-refractivity contribution >= 4 is 0 Å². The van der Waals surface area contributed by atoms with Crippen LogP contribution in [0.25, 0.3) is 0 Å². The number of rotatable bonds is 4. The average molecular weight is 357 g/mol. The fourth-order valence-electron chi connectivity index (χ4n) is 0.946. The Morgan fingerprint density at radius 2 is 1.61 bits per heavy atom. The van der Waals surface area contributed by atoms with E-state index in [1.807, 2.05) is 39.8 Å². The number of allylic oxidation sites excluding steroid dienone is 5. The molecule has 0 nitrogen and oxygen atoms in total. The van der Waals surface area contributed by atoms with Crippen LogP contribution in [0.3, 0.4) is 0 Å². The Hall–Kier alpha value is -0.830. The van der Waals surface area contributed by atoms with Crippen molar-refractivity contribution in [2.24, 2.45) is 0 Å². The second kappa shape index (κ2) is 16.2. The first-order valence-electron chi connectivity index (χ1n) is 6.52. The van der Waals surface area contributed by atoms with Crippen LogP contribution in [0, 0.1) is 3.57 Å². The fourth-order valence-corrected chi connectivity index (χ4v) is 3.14. The van der Waals surface area contributed by atoms with E-state index >= 15 is 0 Å². The molecule has 0 aromatic heterocycles. The molecule has 18 heavy (non-hydrogen) atoms. The summed E-state index contributed by atoms with van der Waals surface area (Å²) in [5, 5.41) is 0. The third-order valence-electron chi connectivity index (χ3n) is 1.62. The molecule has 0 bridgehead atoms. The zero-order valence-electron chi connectivity index (χ0n) is 12.3. The van der Waals surface area contributed by atoms with Crippen molar-refractivity contribution in [2.45, 2.75) is 34.6 Å². The SMILES string of the molecule is C=C/C=C\C(=C/C)[I-]c1ccccc1.CC.CC. The van der Waals surface area contributed by atoms with Gasteiger partial charge in [-0.3, -0.25) is 0 Å². The van der Waals surface area contributed by atoms with Crippen molar-refractivity contribution in [1.82, 2.24) is 0 Å². The number of hydrogen-bond acceptors (Lipinski definition) is 0. The maximum atomic E-state index is 3.67. The number of benzene rings is 1. The predicted molar refractivity (Wildman–Crippen MR) is 80.9 cm³/mol. The largest absolute Gasteiger partial charge is 0.0683 e. The van der Waals surface area contributed by atoms with Crippen LogP contribution in [0.2, 0.25) is 0 Å². The van der Waals surface area contributed by atoms with Crippen molar-refractivity contribution in [1.29, 1.82) is 0 Å². The van der Waals surface area contributed by atoms with Gasteiger partial charge in [-0.2, -0.15) is 0 Å². The monoisotopic (exact) mass is 357 g/mol. The minimum atomic E-state index is -0.0252. The molecule has 0 aliphatic rings. The first-order chi connectivity index (χ1) is 8.86. The van der Waals surface area contributed by atoms with Gasteiger partial charge in [-0.1, -0.05) is 27.7 Å². The molecule has 0 N–H and O–H groups in total. The molecule has 0 amide bonds. The minimum Gasteiger partial charge on any atom is -0.0683 e. The van der Waals surface area contributed by atoms with Crippen molar-refractivity contribution in [3.05, 3.63) is 68.4 Å². The first-order valence-corrected chi connectivity index (χ1v) is 8.68. The van der Waals surface area contributed by atoms with Gasteiger partial charge in [-0.25, -0.2) is 0 Å². The van der Waals surface area contributed by atoms with Crippen LogP contribution in [-0.2, 0) is 0 Å². The molecule has 0 aliphatic heterocycles. The smallest absolute Gasteiger partial charge is 0.0683 e. The molecule has 0 aliphatic carbocycles. The third-order valence-corrected chi connectivity index (χ3v) is 4.57. The van der Waals surface area contributed by atoms with Gasteiger partial charge in [0.1, 0.15) is 0 Å². The maximum Gasteiger partial charge on any atom is -0.0683 e. The first kappa shape index (κ1) is 19.5. The van der Waals surface area contributed by atoms with E-state index in [-0.39, 0.29) is 21.2 Å². The van der Waals surface area contributed by atoms with E-state index in [4.69, 9.17) is 0 Å². The molecular weight excluding hydrogens is 331 g/mol. The van der Waals surface area contributed by atoms with Gasteiger partial charge in [-0.15, -0.1) is 0 Å².